The van der Waals surface area contributed by atoms with Crippen LogP contribution in [0.1, 0.15) is 43.5 Å². The van der Waals surface area contributed by atoms with Gasteiger partial charge in [0.15, 0.2) is 5.82 Å². The van der Waals surface area contributed by atoms with Gasteiger partial charge >= 0.3 is 0 Å². The molecule has 1 saturated heterocycles. The van der Waals surface area contributed by atoms with E-state index in [0.29, 0.717) is 25.9 Å². The quantitative estimate of drug-likeness (QED) is 0.556. The number of benzene rings is 2. The van der Waals surface area contributed by atoms with Crippen molar-refractivity contribution in [2.45, 2.75) is 45.1 Å². The van der Waals surface area contributed by atoms with Crippen LogP contribution >= 0.6 is 0 Å². The van der Waals surface area contributed by atoms with Crippen LogP contribution in [-0.2, 0) is 22.6 Å². The summed E-state index contributed by atoms with van der Waals surface area (Å²) in [5.41, 5.74) is 2.79. The zero-order chi connectivity index (χ0) is 24.0. The fourth-order valence-corrected chi connectivity index (χ4v) is 4.84. The van der Waals surface area contributed by atoms with Gasteiger partial charge in [0.25, 0.3) is 0 Å². The number of aromatic nitrogens is 3. The number of rotatable bonds is 5. The summed E-state index contributed by atoms with van der Waals surface area (Å²) in [4.78, 5) is 27.2. The Labute approximate surface area is 205 Å². The number of nitrogens with zero attached hydrogens (tertiary/aromatic N) is 4. The minimum atomic E-state index is -0.0934. The molecule has 35 heavy (non-hydrogen) atoms. The van der Waals surface area contributed by atoms with E-state index in [0.717, 1.165) is 47.8 Å². The van der Waals surface area contributed by atoms with Gasteiger partial charge in [-0.1, -0.05) is 36.8 Å². The normalized spacial score (nSPS) is 16.6. The monoisotopic (exact) mass is 469 g/mol. The summed E-state index contributed by atoms with van der Waals surface area (Å²) in [7, 11) is 0. The summed E-state index contributed by atoms with van der Waals surface area (Å²) in [6, 6.07) is 17.6. The van der Waals surface area contributed by atoms with Crippen molar-refractivity contribution >= 4 is 23.6 Å². The van der Waals surface area contributed by atoms with Crippen molar-refractivity contribution < 1.29 is 9.59 Å². The van der Waals surface area contributed by atoms with Crippen molar-refractivity contribution in [3.8, 4) is 11.4 Å². The SMILES string of the molecule is O=C(Nc1ccc(-c2nnc3n2CCCCC3)cc1)C1CCN(C(=O)/C=C/c2ccccc2)CC1. The zero-order valence-corrected chi connectivity index (χ0v) is 19.9. The molecular formula is C28H31N5O2. The van der Waals surface area contributed by atoms with E-state index >= 15 is 0 Å². The lowest BCUT2D eigenvalue weighted by Gasteiger charge is -2.30. The maximum Gasteiger partial charge on any atom is 0.246 e. The number of anilines is 1. The largest absolute Gasteiger partial charge is 0.339 e. The van der Waals surface area contributed by atoms with E-state index in [1.54, 1.807) is 6.08 Å². The van der Waals surface area contributed by atoms with Crippen molar-refractivity contribution in [1.82, 2.24) is 19.7 Å². The number of amides is 2. The average Bonchev–Trinajstić information content (AvgIpc) is 3.16. The van der Waals surface area contributed by atoms with Gasteiger partial charge in [-0.2, -0.15) is 0 Å². The Balaban J connectivity index is 1.14. The molecular weight excluding hydrogens is 438 g/mol. The molecule has 2 aliphatic heterocycles. The molecule has 3 aromatic rings. The number of likely N-dealkylation sites (tertiary alicyclic amines) is 1. The molecule has 1 fully saturated rings. The van der Waals surface area contributed by atoms with E-state index in [1.165, 1.54) is 12.8 Å². The number of carbonyl (C=O) groups excluding carboxylic acids is 2. The van der Waals surface area contributed by atoms with Gasteiger partial charge < -0.3 is 14.8 Å². The maximum absolute atomic E-state index is 12.8. The Morgan fingerprint density at radius 1 is 0.886 bits per heavy atom. The van der Waals surface area contributed by atoms with Crippen LogP contribution in [0.2, 0.25) is 0 Å². The third-order valence-electron chi connectivity index (χ3n) is 6.92. The number of hydrogen-bond donors (Lipinski definition) is 1. The van der Waals surface area contributed by atoms with Crippen LogP contribution in [0.5, 0.6) is 0 Å². The van der Waals surface area contributed by atoms with Gasteiger partial charge in [-0.15, -0.1) is 10.2 Å². The lowest BCUT2D eigenvalue weighted by atomic mass is 9.95. The van der Waals surface area contributed by atoms with Crippen molar-refractivity contribution in [1.29, 1.82) is 0 Å². The number of fused-ring (bicyclic) bond motifs is 1. The molecule has 0 bridgehead atoms. The predicted octanol–water partition coefficient (Wildman–Crippen LogP) is 4.56. The molecule has 0 atom stereocenters. The third-order valence-corrected chi connectivity index (χ3v) is 6.92. The van der Waals surface area contributed by atoms with E-state index in [9.17, 15) is 9.59 Å². The molecule has 7 nitrogen and oxygen atoms in total. The minimum Gasteiger partial charge on any atom is -0.339 e. The van der Waals surface area contributed by atoms with Gasteiger partial charge in [0.2, 0.25) is 11.8 Å². The first-order chi connectivity index (χ1) is 17.2. The number of hydrogen-bond acceptors (Lipinski definition) is 4. The lowest BCUT2D eigenvalue weighted by Crippen LogP contribution is -2.40. The van der Waals surface area contributed by atoms with Gasteiger partial charge in [-0.05, 0) is 61.6 Å². The molecule has 5 rings (SSSR count). The zero-order valence-electron chi connectivity index (χ0n) is 19.9. The second kappa shape index (κ2) is 10.7. The van der Waals surface area contributed by atoms with Crippen molar-refractivity contribution in [2.24, 2.45) is 5.92 Å². The first kappa shape index (κ1) is 23.0. The fourth-order valence-electron chi connectivity index (χ4n) is 4.84. The second-order valence-electron chi connectivity index (χ2n) is 9.31. The van der Waals surface area contributed by atoms with E-state index in [4.69, 9.17) is 0 Å². The van der Waals surface area contributed by atoms with E-state index in [-0.39, 0.29) is 17.7 Å². The summed E-state index contributed by atoms with van der Waals surface area (Å²) in [6.07, 6.45) is 9.31. The molecule has 0 unspecified atom stereocenters. The average molecular weight is 470 g/mol. The Kier molecular flexibility index (Phi) is 7.02. The Morgan fingerprint density at radius 2 is 1.66 bits per heavy atom. The van der Waals surface area contributed by atoms with Gasteiger partial charge in [-0.3, -0.25) is 9.59 Å². The van der Waals surface area contributed by atoms with Crippen molar-refractivity contribution in [2.75, 3.05) is 18.4 Å². The Bertz CT molecular complexity index is 1190. The highest BCUT2D eigenvalue weighted by molar-refractivity contribution is 5.94. The van der Waals surface area contributed by atoms with Crippen LogP contribution in [0, 0.1) is 5.92 Å². The van der Waals surface area contributed by atoms with Crippen LogP contribution in [0.25, 0.3) is 17.5 Å². The minimum absolute atomic E-state index is 0.00493. The van der Waals surface area contributed by atoms with Crippen molar-refractivity contribution in [3.63, 3.8) is 0 Å². The van der Waals surface area contributed by atoms with Crippen LogP contribution in [-0.4, -0.2) is 44.6 Å². The number of piperidine rings is 1. The highest BCUT2D eigenvalue weighted by Crippen LogP contribution is 2.25. The topological polar surface area (TPSA) is 80.1 Å². The summed E-state index contributed by atoms with van der Waals surface area (Å²) >= 11 is 0. The van der Waals surface area contributed by atoms with Crippen LogP contribution in [0.15, 0.2) is 60.7 Å². The number of carbonyl (C=O) groups is 2. The summed E-state index contributed by atoms with van der Waals surface area (Å²) in [5.74, 6) is 1.88. The first-order valence-electron chi connectivity index (χ1n) is 12.5. The maximum atomic E-state index is 12.8. The molecule has 2 amide bonds. The second-order valence-corrected chi connectivity index (χ2v) is 9.31. The van der Waals surface area contributed by atoms with Gasteiger partial charge in [0.1, 0.15) is 5.82 Å². The van der Waals surface area contributed by atoms with E-state index < -0.39 is 0 Å². The molecule has 7 heteroatoms. The molecule has 3 heterocycles. The Morgan fingerprint density at radius 3 is 2.43 bits per heavy atom. The molecule has 180 valence electrons. The van der Waals surface area contributed by atoms with Gasteiger partial charge in [-0.25, -0.2) is 0 Å². The smallest absolute Gasteiger partial charge is 0.246 e. The molecule has 2 aliphatic rings. The third kappa shape index (κ3) is 5.50. The molecule has 0 spiro atoms. The number of nitrogens with one attached hydrogen (secondary N) is 1. The summed E-state index contributed by atoms with van der Waals surface area (Å²) in [6.45, 7) is 2.14. The molecule has 0 saturated carbocycles. The van der Waals surface area contributed by atoms with Gasteiger partial charge in [0, 0.05) is 49.3 Å². The Hall–Kier alpha value is -3.74. The molecule has 0 radical (unpaired) electrons. The number of aryl methyl sites for hydroxylation is 1. The lowest BCUT2D eigenvalue weighted by molar-refractivity contribution is -0.130. The standard InChI is InChI=1S/C28H31N5O2/c34-26(15-10-21-7-3-1-4-8-21)32-19-16-23(17-20-32)28(35)29-24-13-11-22(12-14-24)27-31-30-25-9-5-2-6-18-33(25)27/h1,3-4,7-8,10-15,23H,2,5-6,9,16-20H2,(H,29,35)/b15-10+. The highest BCUT2D eigenvalue weighted by Gasteiger charge is 2.26. The molecule has 1 aromatic heterocycles. The van der Waals surface area contributed by atoms with E-state index in [2.05, 4.69) is 20.1 Å². The van der Waals surface area contributed by atoms with Crippen molar-refractivity contribution in [3.05, 3.63) is 72.1 Å². The summed E-state index contributed by atoms with van der Waals surface area (Å²) < 4.78 is 2.23. The first-order valence-corrected chi connectivity index (χ1v) is 12.5. The van der Waals surface area contributed by atoms with E-state index in [1.807, 2.05) is 65.6 Å². The van der Waals surface area contributed by atoms with Crippen LogP contribution in [0.3, 0.4) is 0 Å². The highest BCUT2D eigenvalue weighted by atomic mass is 16.2. The predicted molar refractivity (Wildman–Crippen MR) is 136 cm³/mol. The van der Waals surface area contributed by atoms with Gasteiger partial charge in [0.05, 0.1) is 0 Å². The van der Waals surface area contributed by atoms with Crippen LogP contribution in [0.4, 0.5) is 5.69 Å². The van der Waals surface area contributed by atoms with Crippen LogP contribution < -0.4 is 5.32 Å². The molecule has 0 aliphatic carbocycles. The fraction of sp³-hybridized carbons (Fsp3) is 0.357. The molecule has 1 N–H and O–H groups in total. The molecule has 2 aromatic carbocycles. The summed E-state index contributed by atoms with van der Waals surface area (Å²) in [5, 5.41) is 11.8.